The van der Waals surface area contributed by atoms with Crippen LogP contribution in [0.2, 0.25) is 0 Å². The summed E-state index contributed by atoms with van der Waals surface area (Å²) in [6, 6.07) is 15.8. The number of hydrogen-bond donors (Lipinski definition) is 1. The van der Waals surface area contributed by atoms with Gasteiger partial charge in [-0.05, 0) is 37.1 Å². The summed E-state index contributed by atoms with van der Waals surface area (Å²) in [5.41, 5.74) is 2.98. The van der Waals surface area contributed by atoms with Crippen LogP contribution in [-0.4, -0.2) is 21.6 Å². The van der Waals surface area contributed by atoms with E-state index in [2.05, 4.69) is 22.2 Å². The van der Waals surface area contributed by atoms with Crippen molar-refractivity contribution in [2.24, 2.45) is 0 Å². The highest BCUT2D eigenvalue weighted by Crippen LogP contribution is 2.25. The number of fused-ring (bicyclic) bond motifs is 1. The van der Waals surface area contributed by atoms with Crippen molar-refractivity contribution in [2.45, 2.75) is 25.3 Å². The summed E-state index contributed by atoms with van der Waals surface area (Å²) < 4.78 is 0. The third-order valence-electron chi connectivity index (χ3n) is 3.67. The maximum Gasteiger partial charge on any atom is 0.234 e. The second kappa shape index (κ2) is 7.45. The standard InChI is InChI=1S/C19H19N3OS/c1-3-14-8-10-15(11-9-14)22-18(23)12-24-19-16-6-4-5-7-17(16)20-13(2)21-19/h4-11H,3,12H2,1-2H3,(H,22,23). The van der Waals surface area contributed by atoms with E-state index in [-0.39, 0.29) is 5.91 Å². The van der Waals surface area contributed by atoms with E-state index in [1.165, 1.54) is 17.3 Å². The van der Waals surface area contributed by atoms with E-state index in [9.17, 15) is 4.79 Å². The molecule has 0 saturated carbocycles. The number of para-hydroxylation sites is 1. The number of thioether (sulfide) groups is 1. The molecule has 1 N–H and O–H groups in total. The van der Waals surface area contributed by atoms with Crippen LogP contribution in [0.5, 0.6) is 0 Å². The van der Waals surface area contributed by atoms with Gasteiger partial charge in [0, 0.05) is 11.1 Å². The maximum atomic E-state index is 12.2. The van der Waals surface area contributed by atoms with Crippen LogP contribution in [0.1, 0.15) is 18.3 Å². The molecule has 1 aromatic heterocycles. The quantitative estimate of drug-likeness (QED) is 0.559. The Labute approximate surface area is 145 Å². The van der Waals surface area contributed by atoms with Crippen LogP contribution >= 0.6 is 11.8 Å². The molecule has 0 fully saturated rings. The van der Waals surface area contributed by atoms with Crippen molar-refractivity contribution in [1.82, 2.24) is 9.97 Å². The van der Waals surface area contributed by atoms with E-state index in [0.29, 0.717) is 11.6 Å². The third-order valence-corrected chi connectivity index (χ3v) is 4.66. The molecule has 1 heterocycles. The predicted molar refractivity (Wildman–Crippen MR) is 99.4 cm³/mol. The zero-order valence-corrected chi connectivity index (χ0v) is 14.6. The molecule has 1 amide bonds. The van der Waals surface area contributed by atoms with E-state index < -0.39 is 0 Å². The van der Waals surface area contributed by atoms with Gasteiger partial charge in [0.2, 0.25) is 5.91 Å². The molecule has 5 heteroatoms. The first-order valence-electron chi connectivity index (χ1n) is 7.90. The fraction of sp³-hybridized carbons (Fsp3) is 0.211. The lowest BCUT2D eigenvalue weighted by Crippen LogP contribution is -2.14. The number of nitrogens with one attached hydrogen (secondary N) is 1. The number of nitrogens with zero attached hydrogens (tertiary/aromatic N) is 2. The summed E-state index contributed by atoms with van der Waals surface area (Å²) >= 11 is 1.44. The molecule has 122 valence electrons. The second-order valence-corrected chi connectivity index (χ2v) is 6.44. The van der Waals surface area contributed by atoms with Crippen LogP contribution in [0.25, 0.3) is 10.9 Å². The molecule has 3 rings (SSSR count). The van der Waals surface area contributed by atoms with Crippen LogP contribution in [0, 0.1) is 6.92 Å². The second-order valence-electron chi connectivity index (χ2n) is 5.48. The van der Waals surface area contributed by atoms with Crippen molar-refractivity contribution in [3.63, 3.8) is 0 Å². The fourth-order valence-corrected chi connectivity index (χ4v) is 3.29. The number of benzene rings is 2. The molecule has 0 unspecified atom stereocenters. The fourth-order valence-electron chi connectivity index (χ4n) is 2.42. The van der Waals surface area contributed by atoms with Crippen LogP contribution < -0.4 is 5.32 Å². The summed E-state index contributed by atoms with van der Waals surface area (Å²) in [5, 5.41) is 4.74. The van der Waals surface area contributed by atoms with Crippen molar-refractivity contribution < 1.29 is 4.79 Å². The average molecular weight is 337 g/mol. The predicted octanol–water partition coefficient (Wildman–Crippen LogP) is 4.23. The van der Waals surface area contributed by atoms with Crippen LogP contribution in [0.4, 0.5) is 5.69 Å². The number of aromatic nitrogens is 2. The number of rotatable bonds is 5. The molecule has 4 nitrogen and oxygen atoms in total. The Morgan fingerprint density at radius 3 is 2.58 bits per heavy atom. The van der Waals surface area contributed by atoms with Crippen molar-refractivity contribution >= 4 is 34.3 Å². The summed E-state index contributed by atoms with van der Waals surface area (Å²) in [4.78, 5) is 21.1. The molecule has 0 aliphatic rings. The number of hydrogen-bond acceptors (Lipinski definition) is 4. The zero-order chi connectivity index (χ0) is 16.9. The number of anilines is 1. The van der Waals surface area contributed by atoms with Gasteiger partial charge in [-0.2, -0.15) is 0 Å². The maximum absolute atomic E-state index is 12.2. The molecule has 0 saturated heterocycles. The molecule has 0 aliphatic heterocycles. The Morgan fingerprint density at radius 1 is 1.08 bits per heavy atom. The number of carbonyl (C=O) groups excluding carboxylic acids is 1. The first kappa shape index (κ1) is 16.5. The van der Waals surface area contributed by atoms with Crippen molar-refractivity contribution in [3.05, 3.63) is 59.9 Å². The minimum Gasteiger partial charge on any atom is -0.325 e. The largest absolute Gasteiger partial charge is 0.325 e. The average Bonchev–Trinajstić information content (AvgIpc) is 2.60. The van der Waals surface area contributed by atoms with Gasteiger partial charge < -0.3 is 5.32 Å². The van der Waals surface area contributed by atoms with E-state index in [1.807, 2.05) is 55.5 Å². The Kier molecular flexibility index (Phi) is 5.11. The molecule has 0 radical (unpaired) electrons. The Morgan fingerprint density at radius 2 is 1.83 bits per heavy atom. The normalized spacial score (nSPS) is 10.8. The van der Waals surface area contributed by atoms with E-state index in [1.54, 1.807) is 0 Å². The van der Waals surface area contributed by atoms with E-state index in [0.717, 1.165) is 28.0 Å². The minimum atomic E-state index is -0.0374. The molecule has 2 aromatic carbocycles. The van der Waals surface area contributed by atoms with Gasteiger partial charge in [-0.3, -0.25) is 4.79 Å². The highest BCUT2D eigenvalue weighted by molar-refractivity contribution is 8.00. The van der Waals surface area contributed by atoms with Gasteiger partial charge in [0.25, 0.3) is 0 Å². The summed E-state index contributed by atoms with van der Waals surface area (Å²) in [7, 11) is 0. The van der Waals surface area contributed by atoms with Crippen molar-refractivity contribution in [3.8, 4) is 0 Å². The molecule has 24 heavy (non-hydrogen) atoms. The van der Waals surface area contributed by atoms with Gasteiger partial charge in [-0.1, -0.05) is 49.0 Å². The van der Waals surface area contributed by atoms with Crippen LogP contribution in [0.3, 0.4) is 0 Å². The number of carbonyl (C=O) groups is 1. The van der Waals surface area contributed by atoms with Gasteiger partial charge >= 0.3 is 0 Å². The topological polar surface area (TPSA) is 54.9 Å². The van der Waals surface area contributed by atoms with E-state index in [4.69, 9.17) is 0 Å². The van der Waals surface area contributed by atoms with Gasteiger partial charge in [0.05, 0.1) is 11.3 Å². The lowest BCUT2D eigenvalue weighted by Gasteiger charge is -2.08. The Balaban J connectivity index is 1.68. The van der Waals surface area contributed by atoms with Gasteiger partial charge in [0.15, 0.2) is 0 Å². The van der Waals surface area contributed by atoms with Crippen molar-refractivity contribution in [1.29, 1.82) is 0 Å². The summed E-state index contributed by atoms with van der Waals surface area (Å²) in [6.07, 6.45) is 0.990. The number of aryl methyl sites for hydroxylation is 2. The highest BCUT2D eigenvalue weighted by Gasteiger charge is 2.09. The molecule has 0 atom stereocenters. The molecule has 3 aromatic rings. The summed E-state index contributed by atoms with van der Waals surface area (Å²) in [6.45, 7) is 3.98. The van der Waals surface area contributed by atoms with Crippen LogP contribution in [0.15, 0.2) is 53.6 Å². The molecule has 0 bridgehead atoms. The minimum absolute atomic E-state index is 0.0374. The number of amides is 1. The first-order valence-corrected chi connectivity index (χ1v) is 8.89. The Bertz CT molecular complexity index is 862. The van der Waals surface area contributed by atoms with Gasteiger partial charge in [0.1, 0.15) is 10.9 Å². The first-order chi connectivity index (χ1) is 11.7. The molecule has 0 spiro atoms. The lowest BCUT2D eigenvalue weighted by molar-refractivity contribution is -0.113. The Hall–Kier alpha value is -2.40. The SMILES string of the molecule is CCc1ccc(NC(=O)CSc2nc(C)nc3ccccc23)cc1. The van der Waals surface area contributed by atoms with Gasteiger partial charge in [-0.15, -0.1) is 0 Å². The third kappa shape index (κ3) is 3.92. The van der Waals surface area contributed by atoms with Crippen LogP contribution in [-0.2, 0) is 11.2 Å². The highest BCUT2D eigenvalue weighted by atomic mass is 32.2. The van der Waals surface area contributed by atoms with E-state index >= 15 is 0 Å². The van der Waals surface area contributed by atoms with Crippen molar-refractivity contribution in [2.75, 3.05) is 11.1 Å². The zero-order valence-electron chi connectivity index (χ0n) is 13.7. The molecular formula is C19H19N3OS. The monoisotopic (exact) mass is 337 g/mol. The summed E-state index contributed by atoms with van der Waals surface area (Å²) in [5.74, 6) is 0.993. The molecule has 0 aliphatic carbocycles. The smallest absolute Gasteiger partial charge is 0.234 e. The van der Waals surface area contributed by atoms with Gasteiger partial charge in [-0.25, -0.2) is 9.97 Å². The molecular weight excluding hydrogens is 318 g/mol. The lowest BCUT2D eigenvalue weighted by atomic mass is 10.1.